The van der Waals surface area contributed by atoms with Crippen molar-refractivity contribution in [2.45, 2.75) is 18.9 Å². The van der Waals surface area contributed by atoms with Gasteiger partial charge >= 0.3 is 0 Å². The Morgan fingerprint density at radius 1 is 1.67 bits per heavy atom. The molecule has 0 aromatic carbocycles. The summed E-state index contributed by atoms with van der Waals surface area (Å²) in [6.07, 6.45) is 2.11. The van der Waals surface area contributed by atoms with E-state index in [1.165, 1.54) is 11.3 Å². The fourth-order valence-corrected chi connectivity index (χ4v) is 3.26. The summed E-state index contributed by atoms with van der Waals surface area (Å²) in [5.74, 6) is 0.124. The molecule has 2 N–H and O–H groups in total. The number of hydrogen-bond acceptors (Lipinski definition) is 3. The molecule has 0 bridgehead atoms. The van der Waals surface area contributed by atoms with Crippen molar-refractivity contribution in [3.63, 3.8) is 0 Å². The highest BCUT2D eigenvalue weighted by Gasteiger charge is 2.28. The van der Waals surface area contributed by atoms with Gasteiger partial charge in [0.25, 0.3) is 5.91 Å². The molecular formula is C10H13BrN2OS. The molecule has 1 atom stereocenters. The van der Waals surface area contributed by atoms with Crippen LogP contribution in [0.3, 0.4) is 0 Å². The minimum absolute atomic E-state index is 0.124. The van der Waals surface area contributed by atoms with Crippen LogP contribution in [-0.4, -0.2) is 29.9 Å². The van der Waals surface area contributed by atoms with Gasteiger partial charge in [0.05, 0.1) is 8.66 Å². The molecular weight excluding hydrogens is 276 g/mol. The van der Waals surface area contributed by atoms with Crippen LogP contribution in [0, 0.1) is 0 Å². The Labute approximate surface area is 101 Å². The van der Waals surface area contributed by atoms with E-state index in [4.69, 9.17) is 5.73 Å². The number of hydrogen-bond donors (Lipinski definition) is 1. The van der Waals surface area contributed by atoms with Gasteiger partial charge in [-0.1, -0.05) is 0 Å². The van der Waals surface area contributed by atoms with Crippen LogP contribution in [0.5, 0.6) is 0 Å². The van der Waals surface area contributed by atoms with Gasteiger partial charge in [0, 0.05) is 19.1 Å². The van der Waals surface area contributed by atoms with Gasteiger partial charge in [0.2, 0.25) is 0 Å². The van der Waals surface area contributed by atoms with E-state index in [9.17, 15) is 4.79 Å². The number of nitrogens with zero attached hydrogens (tertiary/aromatic N) is 1. The Morgan fingerprint density at radius 2 is 2.47 bits per heavy atom. The Balaban J connectivity index is 2.13. The van der Waals surface area contributed by atoms with Crippen molar-refractivity contribution in [3.8, 4) is 0 Å². The van der Waals surface area contributed by atoms with E-state index in [0.29, 0.717) is 6.54 Å². The smallest absolute Gasteiger partial charge is 0.264 e. The second kappa shape index (κ2) is 4.63. The number of carbonyl (C=O) groups is 1. The lowest BCUT2D eigenvalue weighted by molar-refractivity contribution is 0.0746. The van der Waals surface area contributed by atoms with Gasteiger partial charge in [-0.2, -0.15) is 0 Å². The molecule has 3 nitrogen and oxygen atoms in total. The lowest BCUT2D eigenvalue weighted by Crippen LogP contribution is -2.39. The molecule has 0 aliphatic carbocycles. The monoisotopic (exact) mass is 288 g/mol. The van der Waals surface area contributed by atoms with Crippen LogP contribution in [0.4, 0.5) is 0 Å². The summed E-state index contributed by atoms with van der Waals surface area (Å²) in [6.45, 7) is 1.41. The number of carbonyl (C=O) groups excluding carboxylic acids is 1. The zero-order chi connectivity index (χ0) is 10.8. The fourth-order valence-electron chi connectivity index (χ4n) is 1.92. The molecule has 2 rings (SSSR count). The van der Waals surface area contributed by atoms with Crippen LogP contribution in [0.15, 0.2) is 15.9 Å². The average Bonchev–Trinajstić information content (AvgIpc) is 2.84. The summed E-state index contributed by atoms with van der Waals surface area (Å²) >= 11 is 4.84. The molecule has 1 aromatic rings. The van der Waals surface area contributed by atoms with Gasteiger partial charge < -0.3 is 10.6 Å². The van der Waals surface area contributed by atoms with Crippen LogP contribution in [0.25, 0.3) is 0 Å². The molecule has 5 heteroatoms. The summed E-state index contributed by atoms with van der Waals surface area (Å²) in [5.41, 5.74) is 5.65. The molecule has 1 fully saturated rings. The number of likely N-dealkylation sites (tertiary alicyclic amines) is 1. The van der Waals surface area contributed by atoms with Crippen LogP contribution in [0.1, 0.15) is 22.5 Å². The van der Waals surface area contributed by atoms with Crippen molar-refractivity contribution in [2.24, 2.45) is 5.73 Å². The molecule has 1 saturated heterocycles. The predicted molar refractivity (Wildman–Crippen MR) is 65.1 cm³/mol. The highest BCUT2D eigenvalue weighted by molar-refractivity contribution is 9.11. The first-order chi connectivity index (χ1) is 7.22. The Kier molecular flexibility index (Phi) is 3.43. The first-order valence-corrected chi connectivity index (χ1v) is 6.59. The molecule has 1 aliphatic rings. The van der Waals surface area contributed by atoms with E-state index < -0.39 is 0 Å². The van der Waals surface area contributed by atoms with Gasteiger partial charge in [0.1, 0.15) is 0 Å². The van der Waals surface area contributed by atoms with Gasteiger partial charge in [-0.05, 0) is 40.9 Å². The van der Waals surface area contributed by atoms with Gasteiger partial charge in [-0.25, -0.2) is 0 Å². The van der Waals surface area contributed by atoms with E-state index in [1.54, 1.807) is 0 Å². The molecule has 1 amide bonds. The van der Waals surface area contributed by atoms with Crippen molar-refractivity contribution in [1.29, 1.82) is 0 Å². The third-order valence-corrected chi connectivity index (χ3v) is 4.31. The molecule has 1 aromatic heterocycles. The largest absolute Gasteiger partial charge is 0.334 e. The van der Waals surface area contributed by atoms with Crippen molar-refractivity contribution in [1.82, 2.24) is 4.90 Å². The average molecular weight is 289 g/mol. The van der Waals surface area contributed by atoms with Gasteiger partial charge in [-0.15, -0.1) is 11.3 Å². The second-order valence-electron chi connectivity index (χ2n) is 3.63. The van der Waals surface area contributed by atoms with Crippen LogP contribution in [0.2, 0.25) is 0 Å². The predicted octanol–water partition coefficient (Wildman–Crippen LogP) is 2.07. The maximum Gasteiger partial charge on any atom is 0.264 e. The van der Waals surface area contributed by atoms with Crippen molar-refractivity contribution in [2.75, 3.05) is 13.1 Å². The maximum absolute atomic E-state index is 12.1. The third-order valence-electron chi connectivity index (χ3n) is 2.69. The summed E-state index contributed by atoms with van der Waals surface area (Å²) in [5, 5.41) is 0. The summed E-state index contributed by atoms with van der Waals surface area (Å²) in [4.78, 5) is 14.8. The van der Waals surface area contributed by atoms with Crippen LogP contribution in [-0.2, 0) is 0 Å². The van der Waals surface area contributed by atoms with E-state index >= 15 is 0 Å². The van der Waals surface area contributed by atoms with Gasteiger partial charge in [0.15, 0.2) is 0 Å². The van der Waals surface area contributed by atoms with E-state index in [1.807, 2.05) is 17.0 Å². The zero-order valence-electron chi connectivity index (χ0n) is 8.28. The normalized spacial score (nSPS) is 20.9. The molecule has 15 heavy (non-hydrogen) atoms. The van der Waals surface area contributed by atoms with Crippen molar-refractivity contribution in [3.05, 3.63) is 20.8 Å². The van der Waals surface area contributed by atoms with Crippen molar-refractivity contribution >= 4 is 33.2 Å². The van der Waals surface area contributed by atoms with E-state index in [-0.39, 0.29) is 11.9 Å². The molecule has 2 heterocycles. The molecule has 1 unspecified atom stereocenters. The lowest BCUT2D eigenvalue weighted by Gasteiger charge is -2.22. The number of amides is 1. The minimum Gasteiger partial charge on any atom is -0.334 e. The van der Waals surface area contributed by atoms with Crippen molar-refractivity contribution < 1.29 is 4.79 Å². The Hall–Kier alpha value is -0.390. The zero-order valence-corrected chi connectivity index (χ0v) is 10.7. The molecule has 82 valence electrons. The maximum atomic E-state index is 12.1. The third kappa shape index (κ3) is 2.24. The number of halogens is 1. The molecule has 1 aliphatic heterocycles. The summed E-state index contributed by atoms with van der Waals surface area (Å²) in [6, 6.07) is 4.01. The SMILES string of the molecule is NCC1CCCN1C(=O)c1ccc(Br)s1. The Bertz CT molecular complexity index is 366. The molecule has 0 spiro atoms. The minimum atomic E-state index is 0.124. The standard InChI is InChI=1S/C10H13BrN2OS/c11-9-4-3-8(15-9)10(14)13-5-1-2-7(13)6-12/h3-4,7H,1-2,5-6,12H2. The Morgan fingerprint density at radius 3 is 3.07 bits per heavy atom. The highest BCUT2D eigenvalue weighted by atomic mass is 79.9. The fraction of sp³-hybridized carbons (Fsp3) is 0.500. The van der Waals surface area contributed by atoms with E-state index in [2.05, 4.69) is 15.9 Å². The number of thiophene rings is 1. The summed E-state index contributed by atoms with van der Waals surface area (Å²) in [7, 11) is 0. The summed E-state index contributed by atoms with van der Waals surface area (Å²) < 4.78 is 0.995. The van der Waals surface area contributed by atoms with Crippen LogP contribution < -0.4 is 5.73 Å². The first kappa shape index (κ1) is 11.1. The van der Waals surface area contributed by atoms with Gasteiger partial charge in [-0.3, -0.25) is 4.79 Å². The first-order valence-electron chi connectivity index (χ1n) is 4.98. The molecule has 0 saturated carbocycles. The highest BCUT2D eigenvalue weighted by Crippen LogP contribution is 2.26. The second-order valence-corrected chi connectivity index (χ2v) is 6.10. The lowest BCUT2D eigenvalue weighted by atomic mass is 10.2. The molecule has 0 radical (unpaired) electrons. The topological polar surface area (TPSA) is 46.3 Å². The van der Waals surface area contributed by atoms with E-state index in [0.717, 1.165) is 28.0 Å². The number of nitrogens with two attached hydrogens (primary N) is 1. The quantitative estimate of drug-likeness (QED) is 0.906. The van der Waals surface area contributed by atoms with Crippen LogP contribution >= 0.6 is 27.3 Å². The number of rotatable bonds is 2.